The molecule has 0 aliphatic heterocycles. The summed E-state index contributed by atoms with van der Waals surface area (Å²) in [6, 6.07) is 13.6. The second-order valence-corrected chi connectivity index (χ2v) is 7.03. The third-order valence-electron chi connectivity index (χ3n) is 5.05. The Morgan fingerprint density at radius 2 is 1.72 bits per heavy atom. The normalized spacial score (nSPS) is 14.1. The van der Waals surface area contributed by atoms with Crippen LogP contribution in [-0.4, -0.2) is 32.2 Å². The van der Waals surface area contributed by atoms with Gasteiger partial charge >= 0.3 is 6.16 Å². The molecule has 150 valence electrons. The molecule has 1 aromatic carbocycles. The summed E-state index contributed by atoms with van der Waals surface area (Å²) in [7, 11) is 0. The van der Waals surface area contributed by atoms with Crippen LogP contribution in [-0.2, 0) is 0 Å². The lowest BCUT2D eigenvalue weighted by atomic mass is 9.86. The molecule has 7 heteroatoms. The van der Waals surface area contributed by atoms with E-state index in [9.17, 15) is 4.79 Å². The van der Waals surface area contributed by atoms with E-state index >= 15 is 0 Å². The smallest absolute Gasteiger partial charge is 0.450 e. The van der Waals surface area contributed by atoms with Crippen LogP contribution in [0.25, 0.3) is 22.2 Å². The number of carboxylic acid groups (broad SMARTS) is 2. The number of rotatable bonds is 3. The van der Waals surface area contributed by atoms with Gasteiger partial charge in [-0.05, 0) is 37.1 Å². The first-order valence-electron chi connectivity index (χ1n) is 9.53. The Balaban J connectivity index is 0.000000552. The standard InChI is InChI=1S/C21H21N3O.CH2O3/c22-21(25)17-9-4-8-15(12-17)20-19-16(10-5-11-23-19)13-18(24-20)14-6-2-1-3-7-14;2-1(3)4/h4-5,8-14H,1-3,6-7H2,(H2,22,25);(H2,2,3,4). The van der Waals surface area contributed by atoms with Crippen molar-refractivity contribution in [2.75, 3.05) is 0 Å². The summed E-state index contributed by atoms with van der Waals surface area (Å²) in [4.78, 5) is 29.6. The SMILES string of the molecule is NC(=O)c1cccc(-c2nc(C3CCCCC3)cc3cccnc23)c1.O=C(O)O. The maximum Gasteiger partial charge on any atom is 0.503 e. The van der Waals surface area contributed by atoms with E-state index in [0.717, 1.165) is 27.9 Å². The van der Waals surface area contributed by atoms with Crippen molar-refractivity contribution in [3.8, 4) is 11.3 Å². The molecule has 1 saturated carbocycles. The van der Waals surface area contributed by atoms with Crippen molar-refractivity contribution in [2.45, 2.75) is 38.0 Å². The zero-order chi connectivity index (χ0) is 20.8. The molecule has 1 aliphatic carbocycles. The van der Waals surface area contributed by atoms with E-state index in [1.54, 1.807) is 12.3 Å². The molecule has 0 spiro atoms. The number of primary amides is 1. The minimum atomic E-state index is -1.83. The van der Waals surface area contributed by atoms with Crippen LogP contribution in [0.5, 0.6) is 0 Å². The van der Waals surface area contributed by atoms with Crippen LogP contribution in [0.15, 0.2) is 48.7 Å². The number of hydrogen-bond donors (Lipinski definition) is 3. The van der Waals surface area contributed by atoms with Crippen molar-refractivity contribution < 1.29 is 19.8 Å². The van der Waals surface area contributed by atoms with Gasteiger partial charge in [0.1, 0.15) is 0 Å². The highest BCUT2D eigenvalue weighted by molar-refractivity contribution is 5.96. The van der Waals surface area contributed by atoms with Crippen LogP contribution in [0.3, 0.4) is 0 Å². The number of hydrogen-bond acceptors (Lipinski definition) is 4. The second kappa shape index (κ2) is 9.14. The molecule has 2 heterocycles. The molecule has 0 atom stereocenters. The summed E-state index contributed by atoms with van der Waals surface area (Å²) < 4.78 is 0. The number of carbonyl (C=O) groups excluding carboxylic acids is 1. The molecule has 3 aromatic rings. The molecule has 4 N–H and O–H groups in total. The van der Waals surface area contributed by atoms with Gasteiger partial charge in [-0.1, -0.05) is 37.5 Å². The Morgan fingerprint density at radius 3 is 2.41 bits per heavy atom. The first-order valence-corrected chi connectivity index (χ1v) is 9.53. The minimum absolute atomic E-state index is 0.428. The van der Waals surface area contributed by atoms with Crippen LogP contribution in [0, 0.1) is 0 Å². The summed E-state index contributed by atoms with van der Waals surface area (Å²) >= 11 is 0. The fraction of sp³-hybridized carbons (Fsp3) is 0.273. The van der Waals surface area contributed by atoms with Gasteiger partial charge in [0.2, 0.25) is 5.91 Å². The molecule has 2 aromatic heterocycles. The Labute approximate surface area is 168 Å². The molecule has 0 saturated heterocycles. The highest BCUT2D eigenvalue weighted by Gasteiger charge is 2.19. The lowest BCUT2D eigenvalue weighted by Crippen LogP contribution is -2.11. The number of aromatic nitrogens is 2. The molecule has 1 amide bonds. The van der Waals surface area contributed by atoms with E-state index in [1.165, 1.54) is 32.1 Å². The number of nitrogens with zero attached hydrogens (tertiary/aromatic N) is 2. The molecule has 4 rings (SSSR count). The number of benzene rings is 1. The first-order chi connectivity index (χ1) is 14.0. The number of nitrogens with two attached hydrogens (primary N) is 1. The molecular formula is C22H23N3O4. The predicted molar refractivity (Wildman–Crippen MR) is 110 cm³/mol. The Hall–Kier alpha value is -3.48. The van der Waals surface area contributed by atoms with Gasteiger partial charge in [0.05, 0.1) is 11.2 Å². The minimum Gasteiger partial charge on any atom is -0.450 e. The van der Waals surface area contributed by atoms with E-state index < -0.39 is 12.1 Å². The Bertz CT molecular complexity index is 1030. The monoisotopic (exact) mass is 393 g/mol. The van der Waals surface area contributed by atoms with Gasteiger partial charge in [0.15, 0.2) is 0 Å². The van der Waals surface area contributed by atoms with Crippen LogP contribution < -0.4 is 5.73 Å². The molecule has 1 fully saturated rings. The average molecular weight is 393 g/mol. The zero-order valence-corrected chi connectivity index (χ0v) is 15.9. The Morgan fingerprint density at radius 1 is 1.00 bits per heavy atom. The van der Waals surface area contributed by atoms with Crippen LogP contribution in [0.4, 0.5) is 4.79 Å². The molecule has 0 bridgehead atoms. The molecule has 29 heavy (non-hydrogen) atoms. The third kappa shape index (κ3) is 5.07. The summed E-state index contributed by atoms with van der Waals surface area (Å²) in [5.74, 6) is 0.0824. The average Bonchev–Trinajstić information content (AvgIpc) is 2.73. The van der Waals surface area contributed by atoms with E-state index in [-0.39, 0.29) is 0 Å². The maximum absolute atomic E-state index is 11.5. The van der Waals surface area contributed by atoms with Crippen molar-refractivity contribution in [2.24, 2.45) is 5.73 Å². The summed E-state index contributed by atoms with van der Waals surface area (Å²) in [6.45, 7) is 0. The molecule has 0 unspecified atom stereocenters. The lowest BCUT2D eigenvalue weighted by molar-refractivity contribution is 0.1000. The van der Waals surface area contributed by atoms with Crippen LogP contribution in [0.2, 0.25) is 0 Å². The van der Waals surface area contributed by atoms with Crippen molar-refractivity contribution in [1.82, 2.24) is 9.97 Å². The first kappa shape index (κ1) is 20.3. The van der Waals surface area contributed by atoms with Gasteiger partial charge in [-0.25, -0.2) is 4.79 Å². The fourth-order valence-electron chi connectivity index (χ4n) is 3.73. The predicted octanol–water partition coefficient (Wildman–Crippen LogP) is 4.67. The fourth-order valence-corrected chi connectivity index (χ4v) is 3.73. The van der Waals surface area contributed by atoms with Crippen LogP contribution in [0.1, 0.15) is 54.1 Å². The highest BCUT2D eigenvalue weighted by atomic mass is 16.6. The zero-order valence-electron chi connectivity index (χ0n) is 15.9. The lowest BCUT2D eigenvalue weighted by Gasteiger charge is -2.22. The second-order valence-electron chi connectivity index (χ2n) is 7.03. The van der Waals surface area contributed by atoms with E-state index in [2.05, 4.69) is 17.1 Å². The summed E-state index contributed by atoms with van der Waals surface area (Å²) in [5, 5.41) is 15.0. The van der Waals surface area contributed by atoms with Crippen LogP contribution >= 0.6 is 0 Å². The van der Waals surface area contributed by atoms with Gasteiger partial charge in [-0.2, -0.15) is 0 Å². The molecule has 0 radical (unpaired) electrons. The molecule has 7 nitrogen and oxygen atoms in total. The highest BCUT2D eigenvalue weighted by Crippen LogP contribution is 2.35. The molecule has 1 aliphatic rings. The number of fused-ring (bicyclic) bond motifs is 1. The molecular weight excluding hydrogens is 370 g/mol. The van der Waals surface area contributed by atoms with Crippen molar-refractivity contribution in [3.63, 3.8) is 0 Å². The largest absolute Gasteiger partial charge is 0.503 e. The topological polar surface area (TPSA) is 126 Å². The van der Waals surface area contributed by atoms with Gasteiger partial charge < -0.3 is 15.9 Å². The van der Waals surface area contributed by atoms with Crippen molar-refractivity contribution in [3.05, 3.63) is 59.9 Å². The number of carbonyl (C=O) groups is 2. The van der Waals surface area contributed by atoms with E-state index in [4.69, 9.17) is 25.7 Å². The third-order valence-corrected chi connectivity index (χ3v) is 5.05. The number of amides is 1. The van der Waals surface area contributed by atoms with Gasteiger partial charge in [-0.3, -0.25) is 14.8 Å². The van der Waals surface area contributed by atoms with Crippen molar-refractivity contribution >= 4 is 23.0 Å². The van der Waals surface area contributed by atoms with E-state index in [1.807, 2.05) is 24.3 Å². The van der Waals surface area contributed by atoms with Gasteiger partial charge in [0, 0.05) is 34.3 Å². The Kier molecular flexibility index (Phi) is 6.39. The maximum atomic E-state index is 11.5. The van der Waals surface area contributed by atoms with E-state index in [0.29, 0.717) is 11.5 Å². The van der Waals surface area contributed by atoms with Gasteiger partial charge in [0.25, 0.3) is 0 Å². The van der Waals surface area contributed by atoms with Gasteiger partial charge in [-0.15, -0.1) is 0 Å². The van der Waals surface area contributed by atoms with Crippen molar-refractivity contribution in [1.29, 1.82) is 0 Å². The quantitative estimate of drug-likeness (QED) is 0.594. The summed E-state index contributed by atoms with van der Waals surface area (Å²) in [5.41, 5.74) is 9.66. The number of pyridine rings is 2. The summed E-state index contributed by atoms with van der Waals surface area (Å²) in [6.07, 6.45) is 6.19.